The van der Waals surface area contributed by atoms with Crippen molar-refractivity contribution in [3.63, 3.8) is 0 Å². The first-order valence-corrected chi connectivity index (χ1v) is 4.17. The molecule has 0 aromatic rings. The molecule has 0 saturated carbocycles. The Labute approximate surface area is 76.2 Å². The maximum absolute atomic E-state index is 11.2. The lowest BCUT2D eigenvalue weighted by atomic mass is 10.1. The highest BCUT2D eigenvalue weighted by molar-refractivity contribution is 6.20. The van der Waals surface area contributed by atoms with Crippen molar-refractivity contribution in [2.45, 2.75) is 26.4 Å². The Hall–Kier alpha value is -1.16. The van der Waals surface area contributed by atoms with E-state index in [2.05, 4.69) is 4.74 Å². The lowest BCUT2D eigenvalue weighted by Crippen LogP contribution is -2.13. The first-order chi connectivity index (χ1) is 6.07. The molecule has 1 aliphatic rings. The molecule has 0 saturated heterocycles. The Bertz CT molecular complexity index is 277. The Kier molecular flexibility index (Phi) is 2.83. The van der Waals surface area contributed by atoms with Crippen LogP contribution in [0.25, 0.3) is 0 Å². The summed E-state index contributed by atoms with van der Waals surface area (Å²) in [6, 6.07) is 0. The van der Waals surface area contributed by atoms with Crippen molar-refractivity contribution in [3.8, 4) is 0 Å². The molecule has 0 amide bonds. The van der Waals surface area contributed by atoms with Crippen LogP contribution in [0.4, 0.5) is 0 Å². The summed E-state index contributed by atoms with van der Waals surface area (Å²) in [5, 5.41) is 9.27. The van der Waals surface area contributed by atoms with Crippen LogP contribution in [-0.2, 0) is 14.3 Å². The van der Waals surface area contributed by atoms with Gasteiger partial charge in [-0.15, -0.1) is 0 Å². The topological polar surface area (TPSA) is 63.6 Å². The second-order valence-corrected chi connectivity index (χ2v) is 2.92. The number of hydrogen-bond acceptors (Lipinski definition) is 4. The van der Waals surface area contributed by atoms with Gasteiger partial charge in [-0.1, -0.05) is 0 Å². The van der Waals surface area contributed by atoms with Gasteiger partial charge in [0.1, 0.15) is 5.57 Å². The van der Waals surface area contributed by atoms with Crippen LogP contribution in [0.3, 0.4) is 0 Å². The van der Waals surface area contributed by atoms with E-state index in [1.807, 2.05) is 0 Å². The van der Waals surface area contributed by atoms with Crippen molar-refractivity contribution >= 4 is 11.8 Å². The third-order valence-electron chi connectivity index (χ3n) is 2.03. The number of ether oxygens (including phenoxy) is 1. The predicted molar refractivity (Wildman–Crippen MR) is 45.0 cm³/mol. The average molecular weight is 184 g/mol. The number of hydrogen-bond donors (Lipinski definition) is 1. The molecule has 1 aliphatic carbocycles. The summed E-state index contributed by atoms with van der Waals surface area (Å²) in [6.45, 7) is 3.48. The van der Waals surface area contributed by atoms with Crippen LogP contribution in [0.5, 0.6) is 0 Å². The standard InChI is InChI=1S/C9H12O4/c1-3-13-9(12)8-5(2)6(10)4-7(8)11/h6,10H,3-4H2,1-2H3. The van der Waals surface area contributed by atoms with Gasteiger partial charge in [0.25, 0.3) is 0 Å². The van der Waals surface area contributed by atoms with E-state index >= 15 is 0 Å². The van der Waals surface area contributed by atoms with Gasteiger partial charge in [-0.2, -0.15) is 0 Å². The number of ketones is 1. The summed E-state index contributed by atoms with van der Waals surface area (Å²) in [7, 11) is 0. The zero-order chi connectivity index (χ0) is 10.0. The molecule has 72 valence electrons. The van der Waals surface area contributed by atoms with Crippen LogP contribution in [0.15, 0.2) is 11.1 Å². The molecule has 1 N–H and O–H groups in total. The second-order valence-electron chi connectivity index (χ2n) is 2.92. The molecule has 0 fully saturated rings. The van der Waals surface area contributed by atoms with E-state index in [9.17, 15) is 14.7 Å². The molecule has 13 heavy (non-hydrogen) atoms. The van der Waals surface area contributed by atoms with Crippen molar-refractivity contribution in [3.05, 3.63) is 11.1 Å². The third-order valence-corrected chi connectivity index (χ3v) is 2.03. The summed E-state index contributed by atoms with van der Waals surface area (Å²) in [5.74, 6) is -0.954. The molecular formula is C9H12O4. The van der Waals surface area contributed by atoms with Gasteiger partial charge >= 0.3 is 5.97 Å². The monoisotopic (exact) mass is 184 g/mol. The normalized spacial score (nSPS) is 22.4. The molecular weight excluding hydrogens is 172 g/mol. The molecule has 4 heteroatoms. The fraction of sp³-hybridized carbons (Fsp3) is 0.556. The first-order valence-electron chi connectivity index (χ1n) is 4.17. The second kappa shape index (κ2) is 3.70. The van der Waals surface area contributed by atoms with Gasteiger partial charge in [0.2, 0.25) is 0 Å². The number of esters is 1. The van der Waals surface area contributed by atoms with Crippen LogP contribution in [0, 0.1) is 0 Å². The van der Waals surface area contributed by atoms with Gasteiger partial charge < -0.3 is 9.84 Å². The fourth-order valence-corrected chi connectivity index (χ4v) is 1.30. The Balaban J connectivity index is 2.89. The molecule has 0 aromatic heterocycles. The van der Waals surface area contributed by atoms with Crippen LogP contribution in [-0.4, -0.2) is 29.6 Å². The minimum absolute atomic E-state index is 0.0000189. The average Bonchev–Trinajstić information content (AvgIpc) is 2.27. The fourth-order valence-electron chi connectivity index (χ4n) is 1.30. The first kappa shape index (κ1) is 9.92. The molecule has 0 aliphatic heterocycles. The number of carbonyl (C=O) groups excluding carboxylic acids is 2. The van der Waals surface area contributed by atoms with Gasteiger partial charge in [0.15, 0.2) is 5.78 Å². The van der Waals surface area contributed by atoms with Crippen molar-refractivity contribution in [2.75, 3.05) is 6.61 Å². The molecule has 1 rings (SSSR count). The van der Waals surface area contributed by atoms with Crippen molar-refractivity contribution in [1.82, 2.24) is 0 Å². The molecule has 0 aromatic carbocycles. The highest BCUT2D eigenvalue weighted by Crippen LogP contribution is 2.23. The highest BCUT2D eigenvalue weighted by Gasteiger charge is 2.33. The van der Waals surface area contributed by atoms with Crippen molar-refractivity contribution in [1.29, 1.82) is 0 Å². The van der Waals surface area contributed by atoms with Crippen LogP contribution in [0.1, 0.15) is 20.3 Å². The van der Waals surface area contributed by atoms with Gasteiger partial charge in [-0.25, -0.2) is 4.79 Å². The molecule has 0 bridgehead atoms. The van der Waals surface area contributed by atoms with Crippen molar-refractivity contribution in [2.24, 2.45) is 0 Å². The maximum Gasteiger partial charge on any atom is 0.341 e. The van der Waals surface area contributed by atoms with Crippen LogP contribution >= 0.6 is 0 Å². The zero-order valence-corrected chi connectivity index (χ0v) is 7.66. The lowest BCUT2D eigenvalue weighted by molar-refractivity contribution is -0.139. The van der Waals surface area contributed by atoms with Crippen LogP contribution in [0.2, 0.25) is 0 Å². The Morgan fingerprint density at radius 1 is 1.69 bits per heavy atom. The van der Waals surface area contributed by atoms with E-state index in [0.29, 0.717) is 5.57 Å². The third kappa shape index (κ3) is 1.78. The Morgan fingerprint density at radius 3 is 2.69 bits per heavy atom. The predicted octanol–water partition coefficient (Wildman–Crippen LogP) is 0.200. The number of carbonyl (C=O) groups is 2. The summed E-state index contributed by atoms with van der Waals surface area (Å²) in [5.41, 5.74) is 0.442. The smallest absolute Gasteiger partial charge is 0.341 e. The highest BCUT2D eigenvalue weighted by atomic mass is 16.5. The van der Waals surface area contributed by atoms with E-state index in [1.165, 1.54) is 0 Å². The molecule has 0 radical (unpaired) electrons. The SMILES string of the molecule is CCOC(=O)C1=C(C)C(O)CC1=O. The van der Waals surface area contributed by atoms with Crippen molar-refractivity contribution < 1.29 is 19.4 Å². The van der Waals surface area contributed by atoms with E-state index < -0.39 is 12.1 Å². The summed E-state index contributed by atoms with van der Waals surface area (Å²) in [4.78, 5) is 22.4. The molecule has 0 spiro atoms. The van der Waals surface area contributed by atoms with E-state index in [0.717, 1.165) is 0 Å². The number of aliphatic hydroxyl groups is 1. The number of Topliss-reactive ketones (excluding diaryl/α,β-unsaturated/α-hetero) is 1. The number of aliphatic hydroxyl groups excluding tert-OH is 1. The molecule has 1 unspecified atom stereocenters. The summed E-state index contributed by atoms with van der Waals surface area (Å²) < 4.78 is 4.69. The maximum atomic E-state index is 11.2. The van der Waals surface area contributed by atoms with Gasteiger partial charge in [-0.3, -0.25) is 4.79 Å². The molecule has 4 nitrogen and oxygen atoms in total. The molecule has 0 heterocycles. The molecule has 1 atom stereocenters. The summed E-state index contributed by atoms with van der Waals surface area (Å²) in [6.07, 6.45) is -0.813. The van der Waals surface area contributed by atoms with Gasteiger partial charge in [0, 0.05) is 6.42 Å². The minimum Gasteiger partial charge on any atom is -0.462 e. The number of rotatable bonds is 2. The quantitative estimate of drug-likeness (QED) is 0.492. The zero-order valence-electron chi connectivity index (χ0n) is 7.66. The summed E-state index contributed by atoms with van der Waals surface area (Å²) >= 11 is 0. The lowest BCUT2D eigenvalue weighted by Gasteiger charge is -2.02. The van der Waals surface area contributed by atoms with Crippen LogP contribution < -0.4 is 0 Å². The van der Waals surface area contributed by atoms with E-state index in [4.69, 9.17) is 0 Å². The Morgan fingerprint density at radius 2 is 2.31 bits per heavy atom. The van der Waals surface area contributed by atoms with Gasteiger partial charge in [0.05, 0.1) is 12.7 Å². The van der Waals surface area contributed by atoms with E-state index in [1.54, 1.807) is 13.8 Å². The largest absolute Gasteiger partial charge is 0.462 e. The minimum atomic E-state index is -0.813. The van der Waals surface area contributed by atoms with Gasteiger partial charge in [-0.05, 0) is 19.4 Å². The van der Waals surface area contributed by atoms with E-state index in [-0.39, 0.29) is 24.4 Å².